The van der Waals surface area contributed by atoms with Crippen LogP contribution in [0.2, 0.25) is 0 Å². The van der Waals surface area contributed by atoms with E-state index >= 15 is 0 Å². The molecule has 0 aliphatic heterocycles. The minimum Gasteiger partial charge on any atom is -0.367 e. The highest BCUT2D eigenvalue weighted by atomic mass is 32.2. The summed E-state index contributed by atoms with van der Waals surface area (Å²) in [7, 11) is 0. The molecule has 138 valence electrons. The van der Waals surface area contributed by atoms with E-state index in [4.69, 9.17) is 4.98 Å². The molecule has 2 N–H and O–H groups in total. The van der Waals surface area contributed by atoms with Gasteiger partial charge < -0.3 is 10.6 Å². The molecule has 0 saturated heterocycles. The number of hydrogen-bond acceptors (Lipinski definition) is 5. The molecule has 0 bridgehead atoms. The molecular weight excluding hydrogens is 356 g/mol. The molecule has 5 nitrogen and oxygen atoms in total. The van der Waals surface area contributed by atoms with Gasteiger partial charge in [-0.15, -0.1) is 0 Å². The van der Waals surface area contributed by atoms with Crippen LogP contribution in [0.5, 0.6) is 0 Å². The zero-order valence-electron chi connectivity index (χ0n) is 15.2. The number of para-hydroxylation sites is 2. The number of amides is 1. The van der Waals surface area contributed by atoms with E-state index in [1.807, 2.05) is 61.5 Å². The Morgan fingerprint density at radius 3 is 2.59 bits per heavy atom. The van der Waals surface area contributed by atoms with Crippen molar-refractivity contribution in [1.82, 2.24) is 9.97 Å². The molecule has 1 amide bonds. The maximum atomic E-state index is 12.7. The standard InChI is InChI=1S/C21H22N4OS/c1-2-18(20(26)23-14-8-4-3-5-9-14)27-21-24-17-11-7-6-10-16(17)19(25-21)22-15-12-13-15/h3-11,15,18H,2,12-13H2,1H3,(H,23,26)(H,22,24,25). The second kappa shape index (κ2) is 7.96. The molecule has 4 rings (SSSR count). The van der Waals surface area contributed by atoms with Crippen LogP contribution >= 0.6 is 11.8 Å². The summed E-state index contributed by atoms with van der Waals surface area (Å²) in [5.74, 6) is 0.839. The highest BCUT2D eigenvalue weighted by Gasteiger charge is 2.24. The Morgan fingerprint density at radius 1 is 1.11 bits per heavy atom. The van der Waals surface area contributed by atoms with Crippen LogP contribution in [0.1, 0.15) is 26.2 Å². The molecule has 1 atom stereocenters. The van der Waals surface area contributed by atoms with Crippen molar-refractivity contribution in [2.24, 2.45) is 0 Å². The summed E-state index contributed by atoms with van der Waals surface area (Å²) < 4.78 is 0. The van der Waals surface area contributed by atoms with Crippen LogP contribution in [-0.4, -0.2) is 27.2 Å². The molecule has 1 heterocycles. The molecule has 2 aromatic carbocycles. The molecule has 27 heavy (non-hydrogen) atoms. The smallest absolute Gasteiger partial charge is 0.237 e. The lowest BCUT2D eigenvalue weighted by atomic mass is 10.2. The molecule has 0 radical (unpaired) electrons. The van der Waals surface area contributed by atoms with Crippen LogP contribution in [0, 0.1) is 0 Å². The largest absolute Gasteiger partial charge is 0.367 e. The number of anilines is 2. The quantitative estimate of drug-likeness (QED) is 0.460. The summed E-state index contributed by atoms with van der Waals surface area (Å²) in [6.07, 6.45) is 3.06. The second-order valence-electron chi connectivity index (χ2n) is 6.66. The summed E-state index contributed by atoms with van der Waals surface area (Å²) in [6.45, 7) is 2.01. The number of carbonyl (C=O) groups excluding carboxylic acids is 1. The zero-order chi connectivity index (χ0) is 18.6. The van der Waals surface area contributed by atoms with Gasteiger partial charge in [0.1, 0.15) is 5.82 Å². The lowest BCUT2D eigenvalue weighted by Crippen LogP contribution is -2.24. The number of nitrogens with zero attached hydrogens (tertiary/aromatic N) is 2. The molecule has 6 heteroatoms. The van der Waals surface area contributed by atoms with Gasteiger partial charge in [-0.2, -0.15) is 0 Å². The highest BCUT2D eigenvalue weighted by molar-refractivity contribution is 8.00. The Bertz CT molecular complexity index is 943. The number of hydrogen-bond donors (Lipinski definition) is 2. The zero-order valence-corrected chi connectivity index (χ0v) is 16.0. The van der Waals surface area contributed by atoms with Crippen LogP contribution in [0.15, 0.2) is 59.8 Å². The summed E-state index contributed by atoms with van der Waals surface area (Å²) >= 11 is 1.42. The average molecular weight is 379 g/mol. The normalized spacial score (nSPS) is 14.7. The number of rotatable bonds is 7. The van der Waals surface area contributed by atoms with E-state index in [0.29, 0.717) is 17.6 Å². The van der Waals surface area contributed by atoms with Gasteiger partial charge >= 0.3 is 0 Å². The molecule has 1 fully saturated rings. The fourth-order valence-corrected chi connectivity index (χ4v) is 3.71. The molecular formula is C21H22N4OS. The maximum absolute atomic E-state index is 12.7. The third-order valence-corrected chi connectivity index (χ3v) is 5.68. The Kier molecular flexibility index (Phi) is 5.25. The summed E-state index contributed by atoms with van der Waals surface area (Å²) in [4.78, 5) is 22.1. The third-order valence-electron chi connectivity index (χ3n) is 4.45. The summed E-state index contributed by atoms with van der Waals surface area (Å²) in [6, 6.07) is 18.0. The highest BCUT2D eigenvalue weighted by Crippen LogP contribution is 2.31. The number of fused-ring (bicyclic) bond motifs is 1. The van der Waals surface area contributed by atoms with Crippen molar-refractivity contribution >= 4 is 40.1 Å². The maximum Gasteiger partial charge on any atom is 0.237 e. The van der Waals surface area contributed by atoms with Gasteiger partial charge in [-0.05, 0) is 43.5 Å². The average Bonchev–Trinajstić information content (AvgIpc) is 3.51. The number of thioether (sulfide) groups is 1. The van der Waals surface area contributed by atoms with Crippen molar-refractivity contribution in [3.8, 4) is 0 Å². The lowest BCUT2D eigenvalue weighted by molar-refractivity contribution is -0.115. The van der Waals surface area contributed by atoms with E-state index < -0.39 is 0 Å². The van der Waals surface area contributed by atoms with Crippen LogP contribution in [-0.2, 0) is 4.79 Å². The first-order valence-corrected chi connectivity index (χ1v) is 10.2. The van der Waals surface area contributed by atoms with E-state index in [1.165, 1.54) is 24.6 Å². The molecule has 3 aromatic rings. The van der Waals surface area contributed by atoms with Gasteiger partial charge in [-0.25, -0.2) is 9.97 Å². The number of benzene rings is 2. The monoisotopic (exact) mass is 378 g/mol. The van der Waals surface area contributed by atoms with Gasteiger partial charge in [0, 0.05) is 17.1 Å². The van der Waals surface area contributed by atoms with Gasteiger partial charge in [-0.1, -0.05) is 49.0 Å². The molecule has 0 spiro atoms. The van der Waals surface area contributed by atoms with Crippen LogP contribution in [0.25, 0.3) is 10.9 Å². The van der Waals surface area contributed by atoms with Crippen LogP contribution in [0.4, 0.5) is 11.5 Å². The van der Waals surface area contributed by atoms with Gasteiger partial charge in [0.05, 0.1) is 10.8 Å². The van der Waals surface area contributed by atoms with E-state index in [0.717, 1.165) is 22.4 Å². The fraction of sp³-hybridized carbons (Fsp3) is 0.286. The topological polar surface area (TPSA) is 66.9 Å². The van der Waals surface area contributed by atoms with E-state index in [9.17, 15) is 4.79 Å². The molecule has 1 saturated carbocycles. The van der Waals surface area contributed by atoms with Gasteiger partial charge in [0.2, 0.25) is 5.91 Å². The van der Waals surface area contributed by atoms with Gasteiger partial charge in [0.15, 0.2) is 5.16 Å². The summed E-state index contributed by atoms with van der Waals surface area (Å²) in [5, 5.41) is 7.88. The number of nitrogens with one attached hydrogen (secondary N) is 2. The lowest BCUT2D eigenvalue weighted by Gasteiger charge is -2.15. The Hall–Kier alpha value is -2.60. The van der Waals surface area contributed by atoms with Crippen LogP contribution < -0.4 is 10.6 Å². The molecule has 1 aliphatic rings. The summed E-state index contributed by atoms with van der Waals surface area (Å²) in [5.41, 5.74) is 1.70. The minimum absolute atomic E-state index is 0.0258. The predicted molar refractivity (Wildman–Crippen MR) is 111 cm³/mol. The van der Waals surface area contributed by atoms with Gasteiger partial charge in [0.25, 0.3) is 0 Å². The predicted octanol–water partition coefficient (Wildman–Crippen LogP) is 4.71. The molecule has 1 aromatic heterocycles. The number of aromatic nitrogens is 2. The SMILES string of the molecule is CCC(Sc1nc(NC2CC2)c2ccccc2n1)C(=O)Nc1ccccc1. The van der Waals surface area contributed by atoms with Gasteiger partial charge in [-0.3, -0.25) is 4.79 Å². The Labute approximate surface area is 163 Å². The fourth-order valence-electron chi connectivity index (χ4n) is 2.83. The van der Waals surface area contributed by atoms with Crippen molar-refractivity contribution in [3.63, 3.8) is 0 Å². The van der Waals surface area contributed by atoms with Crippen molar-refractivity contribution < 1.29 is 4.79 Å². The first-order chi connectivity index (χ1) is 13.2. The number of carbonyl (C=O) groups is 1. The second-order valence-corrected chi connectivity index (χ2v) is 7.83. The molecule has 1 aliphatic carbocycles. The van der Waals surface area contributed by atoms with Crippen molar-refractivity contribution in [2.75, 3.05) is 10.6 Å². The van der Waals surface area contributed by atoms with E-state index in [-0.39, 0.29) is 11.2 Å². The van der Waals surface area contributed by atoms with Crippen molar-refractivity contribution in [2.45, 2.75) is 42.6 Å². The van der Waals surface area contributed by atoms with Crippen molar-refractivity contribution in [1.29, 1.82) is 0 Å². The van der Waals surface area contributed by atoms with Crippen molar-refractivity contribution in [3.05, 3.63) is 54.6 Å². The van der Waals surface area contributed by atoms with E-state index in [2.05, 4.69) is 15.6 Å². The van der Waals surface area contributed by atoms with E-state index in [1.54, 1.807) is 0 Å². The third kappa shape index (κ3) is 4.39. The Morgan fingerprint density at radius 2 is 1.85 bits per heavy atom. The Balaban J connectivity index is 1.56. The minimum atomic E-state index is -0.250. The molecule has 1 unspecified atom stereocenters. The first-order valence-electron chi connectivity index (χ1n) is 9.29. The first kappa shape index (κ1) is 17.8. The van der Waals surface area contributed by atoms with Crippen LogP contribution in [0.3, 0.4) is 0 Å².